The summed E-state index contributed by atoms with van der Waals surface area (Å²) in [6.07, 6.45) is 1.24. The molecule has 1 fully saturated rings. The molecule has 0 unspecified atom stereocenters. The first kappa shape index (κ1) is 23.5. The Kier molecular flexibility index (Phi) is 7.67. The van der Waals surface area contributed by atoms with Crippen LogP contribution in [0.3, 0.4) is 0 Å². The van der Waals surface area contributed by atoms with Gasteiger partial charge in [0.25, 0.3) is 5.91 Å². The number of rotatable bonds is 7. The predicted octanol–water partition coefficient (Wildman–Crippen LogP) is 3.88. The molecule has 0 saturated carbocycles. The number of amides is 2. The predicted molar refractivity (Wildman–Crippen MR) is 124 cm³/mol. The van der Waals surface area contributed by atoms with E-state index in [0.29, 0.717) is 37.1 Å². The zero-order chi connectivity index (χ0) is 23.3. The first-order valence-electron chi connectivity index (χ1n) is 11.1. The average Bonchev–Trinajstić information content (AvgIpc) is 2.81. The van der Waals surface area contributed by atoms with E-state index in [2.05, 4.69) is 5.32 Å². The Bertz CT molecular complexity index is 960. The van der Waals surface area contributed by atoms with E-state index < -0.39 is 6.04 Å². The Morgan fingerprint density at radius 2 is 1.66 bits per heavy atom. The van der Waals surface area contributed by atoms with Crippen LogP contribution in [-0.4, -0.2) is 48.7 Å². The molecule has 0 bridgehead atoms. The molecule has 1 aliphatic rings. The second kappa shape index (κ2) is 10.4. The van der Waals surface area contributed by atoms with Crippen molar-refractivity contribution in [1.29, 1.82) is 0 Å². The summed E-state index contributed by atoms with van der Waals surface area (Å²) in [5, 5.41) is 2.92. The van der Waals surface area contributed by atoms with Crippen molar-refractivity contribution < 1.29 is 19.1 Å². The maximum Gasteiger partial charge on any atom is 0.251 e. The van der Waals surface area contributed by atoms with E-state index in [9.17, 15) is 14.4 Å². The highest BCUT2D eigenvalue weighted by molar-refractivity contribution is 5.99. The van der Waals surface area contributed by atoms with Crippen LogP contribution in [0.2, 0.25) is 0 Å². The lowest BCUT2D eigenvalue weighted by Crippen LogP contribution is -2.53. The minimum absolute atomic E-state index is 0.0464. The van der Waals surface area contributed by atoms with Gasteiger partial charge in [-0.2, -0.15) is 0 Å². The number of carbonyl (C=O) groups excluding carboxylic acids is 3. The number of ketones is 1. The summed E-state index contributed by atoms with van der Waals surface area (Å²) in [4.78, 5) is 40.5. The largest absolute Gasteiger partial charge is 0.497 e. The summed E-state index contributed by atoms with van der Waals surface area (Å²) < 4.78 is 5.15. The summed E-state index contributed by atoms with van der Waals surface area (Å²) in [6, 6.07) is 13.9. The number of aryl methyl sites for hydroxylation is 1. The molecular weight excluding hydrogens is 404 g/mol. The summed E-state index contributed by atoms with van der Waals surface area (Å²) in [6.45, 7) is 6.81. The van der Waals surface area contributed by atoms with Gasteiger partial charge < -0.3 is 15.0 Å². The lowest BCUT2D eigenvalue weighted by atomic mass is 9.88. The number of nitrogens with one attached hydrogen (secondary N) is 1. The smallest absolute Gasteiger partial charge is 0.251 e. The third-order valence-electron chi connectivity index (χ3n) is 6.05. The fourth-order valence-electron chi connectivity index (χ4n) is 4.07. The van der Waals surface area contributed by atoms with Crippen molar-refractivity contribution in [2.75, 3.05) is 20.2 Å². The van der Waals surface area contributed by atoms with Gasteiger partial charge in [-0.3, -0.25) is 14.4 Å². The quantitative estimate of drug-likeness (QED) is 0.669. The van der Waals surface area contributed by atoms with E-state index in [1.807, 2.05) is 39.0 Å². The molecule has 1 heterocycles. The van der Waals surface area contributed by atoms with Crippen LogP contribution >= 0.6 is 0 Å². The van der Waals surface area contributed by atoms with Crippen molar-refractivity contribution in [3.63, 3.8) is 0 Å². The number of benzene rings is 2. The highest BCUT2D eigenvalue weighted by Gasteiger charge is 2.33. The Hall–Kier alpha value is -3.15. The molecule has 2 aromatic carbocycles. The second-order valence-electron chi connectivity index (χ2n) is 8.76. The van der Waals surface area contributed by atoms with Crippen molar-refractivity contribution in [3.05, 3.63) is 65.2 Å². The van der Waals surface area contributed by atoms with Crippen molar-refractivity contribution in [1.82, 2.24) is 10.2 Å². The van der Waals surface area contributed by atoms with E-state index in [1.54, 1.807) is 42.3 Å². The first-order chi connectivity index (χ1) is 15.3. The standard InChI is InChI=1S/C26H32N2O4/c1-17(2)23(27-25(30)21-7-5-6-18(3)16-21)26(31)28-14-12-20(13-15-28)24(29)19-8-10-22(32-4)11-9-19/h5-11,16-17,20,23H,12-15H2,1-4H3,(H,27,30)/t23-/m1/s1. The molecule has 0 aliphatic carbocycles. The van der Waals surface area contributed by atoms with Gasteiger partial charge in [-0.15, -0.1) is 0 Å². The molecule has 6 heteroatoms. The van der Waals surface area contributed by atoms with E-state index >= 15 is 0 Å². The number of methoxy groups -OCH3 is 1. The van der Waals surface area contributed by atoms with Gasteiger partial charge in [0.05, 0.1) is 7.11 Å². The molecule has 0 spiro atoms. The zero-order valence-electron chi connectivity index (χ0n) is 19.3. The lowest BCUT2D eigenvalue weighted by Gasteiger charge is -2.35. The van der Waals surface area contributed by atoms with Crippen LogP contribution in [0.1, 0.15) is 53.0 Å². The Morgan fingerprint density at radius 1 is 1.00 bits per heavy atom. The van der Waals surface area contributed by atoms with Gasteiger partial charge >= 0.3 is 0 Å². The summed E-state index contributed by atoms with van der Waals surface area (Å²) in [5.41, 5.74) is 2.21. The number of hydrogen-bond donors (Lipinski definition) is 1. The van der Waals surface area contributed by atoms with Crippen molar-refractivity contribution in [2.45, 2.75) is 39.7 Å². The fraction of sp³-hybridized carbons (Fsp3) is 0.423. The molecule has 170 valence electrons. The Labute approximate surface area is 189 Å². The van der Waals surface area contributed by atoms with Crippen LogP contribution in [0, 0.1) is 18.8 Å². The number of nitrogens with zero attached hydrogens (tertiary/aromatic N) is 1. The molecule has 0 aromatic heterocycles. The molecule has 1 atom stereocenters. The number of carbonyl (C=O) groups is 3. The number of piperidine rings is 1. The molecule has 2 aromatic rings. The molecule has 1 aliphatic heterocycles. The zero-order valence-corrected chi connectivity index (χ0v) is 19.3. The summed E-state index contributed by atoms with van der Waals surface area (Å²) in [7, 11) is 1.59. The molecule has 6 nitrogen and oxygen atoms in total. The number of likely N-dealkylation sites (tertiary alicyclic amines) is 1. The normalized spacial score (nSPS) is 15.3. The monoisotopic (exact) mass is 436 g/mol. The minimum Gasteiger partial charge on any atom is -0.497 e. The van der Waals surface area contributed by atoms with E-state index in [-0.39, 0.29) is 29.4 Å². The maximum absolute atomic E-state index is 13.2. The number of Topliss-reactive ketones (excluding diaryl/α,β-unsaturated/α-hetero) is 1. The van der Waals surface area contributed by atoms with Crippen LogP contribution in [0.4, 0.5) is 0 Å². The SMILES string of the molecule is COc1ccc(C(=O)C2CCN(C(=O)[C@H](NC(=O)c3cccc(C)c3)C(C)C)CC2)cc1. The summed E-state index contributed by atoms with van der Waals surface area (Å²) in [5.74, 6) is 0.339. The van der Waals surface area contributed by atoms with Gasteiger partial charge in [0.1, 0.15) is 11.8 Å². The van der Waals surface area contributed by atoms with Crippen LogP contribution < -0.4 is 10.1 Å². The molecule has 3 rings (SSSR count). The summed E-state index contributed by atoms with van der Waals surface area (Å²) >= 11 is 0. The second-order valence-corrected chi connectivity index (χ2v) is 8.76. The third kappa shape index (κ3) is 5.55. The number of ether oxygens (including phenoxy) is 1. The minimum atomic E-state index is -0.600. The van der Waals surface area contributed by atoms with Crippen LogP contribution in [0.5, 0.6) is 5.75 Å². The molecule has 2 amide bonds. The maximum atomic E-state index is 13.2. The fourth-order valence-corrected chi connectivity index (χ4v) is 4.07. The van der Waals surface area contributed by atoms with Crippen molar-refractivity contribution in [3.8, 4) is 5.75 Å². The van der Waals surface area contributed by atoms with Gasteiger partial charge in [0.2, 0.25) is 5.91 Å². The Balaban J connectivity index is 1.60. The molecule has 0 radical (unpaired) electrons. The van der Waals surface area contributed by atoms with Crippen LogP contribution in [0.25, 0.3) is 0 Å². The van der Waals surface area contributed by atoms with Gasteiger partial charge in [0, 0.05) is 30.1 Å². The molecule has 1 N–H and O–H groups in total. The first-order valence-corrected chi connectivity index (χ1v) is 11.1. The average molecular weight is 437 g/mol. The van der Waals surface area contributed by atoms with Gasteiger partial charge in [-0.05, 0) is 62.1 Å². The highest BCUT2D eigenvalue weighted by Crippen LogP contribution is 2.24. The Morgan fingerprint density at radius 3 is 2.22 bits per heavy atom. The van der Waals surface area contributed by atoms with E-state index in [4.69, 9.17) is 4.74 Å². The highest BCUT2D eigenvalue weighted by atomic mass is 16.5. The number of hydrogen-bond acceptors (Lipinski definition) is 4. The third-order valence-corrected chi connectivity index (χ3v) is 6.05. The molecular formula is C26H32N2O4. The van der Waals surface area contributed by atoms with Crippen LogP contribution in [-0.2, 0) is 4.79 Å². The van der Waals surface area contributed by atoms with Gasteiger partial charge in [-0.1, -0.05) is 31.5 Å². The van der Waals surface area contributed by atoms with E-state index in [1.165, 1.54) is 0 Å². The van der Waals surface area contributed by atoms with Crippen molar-refractivity contribution >= 4 is 17.6 Å². The molecule has 32 heavy (non-hydrogen) atoms. The molecule has 1 saturated heterocycles. The lowest BCUT2D eigenvalue weighted by molar-refractivity contribution is -0.135. The topological polar surface area (TPSA) is 75.7 Å². The van der Waals surface area contributed by atoms with Crippen LogP contribution in [0.15, 0.2) is 48.5 Å². The van der Waals surface area contributed by atoms with Gasteiger partial charge in [0.15, 0.2) is 5.78 Å². The van der Waals surface area contributed by atoms with Gasteiger partial charge in [-0.25, -0.2) is 0 Å². The van der Waals surface area contributed by atoms with Crippen molar-refractivity contribution in [2.24, 2.45) is 11.8 Å². The van der Waals surface area contributed by atoms with E-state index in [0.717, 1.165) is 11.3 Å².